The zero-order valence-electron chi connectivity index (χ0n) is 20.3. The van der Waals surface area contributed by atoms with Gasteiger partial charge >= 0.3 is 17.9 Å². The van der Waals surface area contributed by atoms with Gasteiger partial charge in [-0.05, 0) is 40.0 Å². The number of hydrogen-bond donors (Lipinski definition) is 2. The van der Waals surface area contributed by atoms with Crippen molar-refractivity contribution in [3.05, 3.63) is 11.8 Å². The first-order valence-electron chi connectivity index (χ1n) is 12.2. The van der Waals surface area contributed by atoms with Crippen LogP contribution in [0.25, 0.3) is 0 Å². The maximum Gasteiger partial charge on any atom is 0.313 e. The minimum atomic E-state index is -1.23. The van der Waals surface area contributed by atoms with Crippen molar-refractivity contribution in [2.45, 2.75) is 90.5 Å². The first-order chi connectivity index (χ1) is 15.8. The van der Waals surface area contributed by atoms with Gasteiger partial charge in [-0.2, -0.15) is 0 Å². The van der Waals surface area contributed by atoms with E-state index in [-0.39, 0.29) is 30.1 Å². The van der Waals surface area contributed by atoms with Crippen LogP contribution in [-0.2, 0) is 33.3 Å². The maximum absolute atomic E-state index is 13.3. The number of rotatable bonds is 6. The standard InChI is InChI=1S/C25H34O9/c1-6-11(2)20(28)33-17-13-8-25-12-7-15(26)19(25)24(13,5)22(29)34-18(17)14(25)10-31-21(12)32-16(27)9-23(3,4)30/h10-13,15,17-19,21,26,30H,6-9H2,1-5H3/t11-,12-,13-,15+,17-,18+,19-,21-,24+,25-/m1/s1. The monoisotopic (exact) mass is 478 g/mol. The highest BCUT2D eigenvalue weighted by atomic mass is 16.7. The highest BCUT2D eigenvalue weighted by molar-refractivity contribution is 5.82. The van der Waals surface area contributed by atoms with Gasteiger partial charge in [0.2, 0.25) is 6.29 Å². The number of esters is 3. The molecule has 0 unspecified atom stereocenters. The van der Waals surface area contributed by atoms with Crippen LogP contribution in [0.3, 0.4) is 0 Å². The molecule has 2 N–H and O–H groups in total. The lowest BCUT2D eigenvalue weighted by Crippen LogP contribution is -2.58. The SMILES string of the molecule is CC[C@@H](C)C(=O)O[C@@H]1[C@H]2C[C@]34C5=CO[C@H](OC(=O)CC(C)(C)O)[C@H]3C[C@H](O)[C@@H]4[C@@]2(C)C(=O)O[C@@H]51. The van der Waals surface area contributed by atoms with Crippen molar-refractivity contribution in [2.75, 3.05) is 0 Å². The molecule has 2 aliphatic heterocycles. The van der Waals surface area contributed by atoms with Gasteiger partial charge in [0, 0.05) is 28.7 Å². The molecule has 0 amide bonds. The minimum absolute atomic E-state index is 0.201. The molecule has 188 valence electrons. The summed E-state index contributed by atoms with van der Waals surface area (Å²) in [6, 6.07) is 0. The van der Waals surface area contributed by atoms with Gasteiger partial charge in [0.05, 0.1) is 35.7 Å². The molecule has 1 spiro atoms. The Morgan fingerprint density at radius 1 is 1.29 bits per heavy atom. The van der Waals surface area contributed by atoms with E-state index in [9.17, 15) is 24.6 Å². The van der Waals surface area contributed by atoms with Gasteiger partial charge in [-0.25, -0.2) is 0 Å². The molecule has 0 aromatic heterocycles. The molecule has 3 bridgehead atoms. The van der Waals surface area contributed by atoms with Gasteiger partial charge in [0.25, 0.3) is 0 Å². The molecular weight excluding hydrogens is 444 g/mol. The van der Waals surface area contributed by atoms with Crippen molar-refractivity contribution in [2.24, 2.45) is 34.5 Å². The summed E-state index contributed by atoms with van der Waals surface area (Å²) in [5.74, 6) is -2.79. The molecule has 9 nitrogen and oxygen atoms in total. The molecule has 5 rings (SSSR count). The number of fused-ring (bicyclic) bond motifs is 3. The van der Waals surface area contributed by atoms with Crippen molar-refractivity contribution >= 4 is 17.9 Å². The molecule has 1 saturated heterocycles. The van der Waals surface area contributed by atoms with E-state index in [1.807, 2.05) is 6.92 Å². The van der Waals surface area contributed by atoms with Crippen molar-refractivity contribution in [1.29, 1.82) is 0 Å². The number of aliphatic hydroxyl groups excluding tert-OH is 1. The summed E-state index contributed by atoms with van der Waals surface area (Å²) in [5, 5.41) is 21.2. The van der Waals surface area contributed by atoms with Crippen LogP contribution in [0.1, 0.15) is 60.3 Å². The molecule has 2 heterocycles. The van der Waals surface area contributed by atoms with E-state index in [1.165, 1.54) is 20.1 Å². The van der Waals surface area contributed by atoms with E-state index in [1.54, 1.807) is 13.8 Å². The summed E-state index contributed by atoms with van der Waals surface area (Å²) in [6.45, 7) is 8.56. The van der Waals surface area contributed by atoms with Gasteiger partial charge in [-0.3, -0.25) is 14.4 Å². The van der Waals surface area contributed by atoms with Gasteiger partial charge < -0.3 is 29.2 Å². The highest BCUT2D eigenvalue weighted by Crippen LogP contribution is 2.77. The lowest BCUT2D eigenvalue weighted by Gasteiger charge is -2.51. The summed E-state index contributed by atoms with van der Waals surface area (Å²) in [4.78, 5) is 38.5. The van der Waals surface area contributed by atoms with Crippen LogP contribution in [-0.4, -0.2) is 58.3 Å². The Morgan fingerprint density at radius 3 is 2.65 bits per heavy atom. The topological polar surface area (TPSA) is 129 Å². The number of ether oxygens (including phenoxy) is 4. The van der Waals surface area contributed by atoms with E-state index in [0.717, 1.165) is 0 Å². The van der Waals surface area contributed by atoms with Crippen LogP contribution in [0.5, 0.6) is 0 Å². The average molecular weight is 479 g/mol. The lowest BCUT2D eigenvalue weighted by molar-refractivity contribution is -0.213. The van der Waals surface area contributed by atoms with Gasteiger partial charge in [-0.1, -0.05) is 13.8 Å². The Morgan fingerprint density at radius 2 is 2.00 bits per heavy atom. The predicted molar refractivity (Wildman–Crippen MR) is 115 cm³/mol. The Bertz CT molecular complexity index is 951. The number of carbonyl (C=O) groups is 3. The van der Waals surface area contributed by atoms with Crippen LogP contribution in [0.4, 0.5) is 0 Å². The fourth-order valence-corrected chi connectivity index (χ4v) is 7.43. The normalized spacial score (nSPS) is 44.5. The second-order valence-electron chi connectivity index (χ2n) is 11.6. The fraction of sp³-hybridized carbons (Fsp3) is 0.800. The van der Waals surface area contributed by atoms with Crippen LogP contribution < -0.4 is 0 Å². The molecule has 4 fully saturated rings. The van der Waals surface area contributed by atoms with E-state index in [0.29, 0.717) is 24.8 Å². The molecule has 3 saturated carbocycles. The van der Waals surface area contributed by atoms with Gasteiger partial charge in [0.15, 0.2) is 6.10 Å². The number of aliphatic hydroxyl groups is 2. The zero-order chi connectivity index (χ0) is 24.8. The summed E-state index contributed by atoms with van der Waals surface area (Å²) < 4.78 is 23.3. The lowest BCUT2D eigenvalue weighted by atomic mass is 9.61. The van der Waals surface area contributed by atoms with E-state index >= 15 is 0 Å². The Hall–Kier alpha value is -2.13. The van der Waals surface area contributed by atoms with E-state index in [4.69, 9.17) is 18.9 Å². The maximum atomic E-state index is 13.3. The molecule has 3 aliphatic carbocycles. The molecule has 0 aromatic rings. The largest absolute Gasteiger partial charge is 0.462 e. The second kappa shape index (κ2) is 7.43. The molecule has 5 aliphatic rings. The minimum Gasteiger partial charge on any atom is -0.462 e. The van der Waals surface area contributed by atoms with E-state index < -0.39 is 58.9 Å². The Kier molecular flexibility index (Phi) is 5.16. The van der Waals surface area contributed by atoms with Crippen LogP contribution >= 0.6 is 0 Å². The summed E-state index contributed by atoms with van der Waals surface area (Å²) >= 11 is 0. The average Bonchev–Trinajstić information content (AvgIpc) is 3.14. The number of hydrogen-bond acceptors (Lipinski definition) is 9. The highest BCUT2D eigenvalue weighted by Gasteiger charge is 2.82. The quantitative estimate of drug-likeness (QED) is 0.434. The Balaban J connectivity index is 1.53. The number of carbonyl (C=O) groups excluding carboxylic acids is 3. The first-order valence-corrected chi connectivity index (χ1v) is 12.2. The summed E-state index contributed by atoms with van der Waals surface area (Å²) in [7, 11) is 0. The molecule has 9 heteroatoms. The Labute approximate surface area is 198 Å². The fourth-order valence-electron chi connectivity index (χ4n) is 7.43. The third-order valence-corrected chi connectivity index (χ3v) is 9.03. The van der Waals surface area contributed by atoms with Crippen molar-refractivity contribution < 1.29 is 43.5 Å². The van der Waals surface area contributed by atoms with Crippen molar-refractivity contribution in [1.82, 2.24) is 0 Å². The predicted octanol–water partition coefficient (Wildman–Crippen LogP) is 1.84. The van der Waals surface area contributed by atoms with E-state index in [2.05, 4.69) is 0 Å². The van der Waals surface area contributed by atoms with Crippen LogP contribution in [0.2, 0.25) is 0 Å². The van der Waals surface area contributed by atoms with Crippen molar-refractivity contribution in [3.63, 3.8) is 0 Å². The van der Waals surface area contributed by atoms with Crippen LogP contribution in [0, 0.1) is 34.5 Å². The molecule has 0 radical (unpaired) electrons. The summed E-state index contributed by atoms with van der Waals surface area (Å²) in [6.07, 6.45) is -0.501. The second-order valence-corrected chi connectivity index (χ2v) is 11.6. The van der Waals surface area contributed by atoms with Crippen molar-refractivity contribution in [3.8, 4) is 0 Å². The third-order valence-electron chi connectivity index (χ3n) is 9.03. The third kappa shape index (κ3) is 3.02. The molecule has 10 atom stereocenters. The van der Waals surface area contributed by atoms with Crippen LogP contribution in [0.15, 0.2) is 11.8 Å². The first kappa shape index (κ1) is 23.6. The smallest absolute Gasteiger partial charge is 0.313 e. The summed E-state index contributed by atoms with van der Waals surface area (Å²) in [5.41, 5.74) is -2.24. The van der Waals surface area contributed by atoms with Gasteiger partial charge in [-0.15, -0.1) is 0 Å². The molecule has 0 aromatic carbocycles. The molecular formula is C25H34O9. The van der Waals surface area contributed by atoms with Gasteiger partial charge in [0.1, 0.15) is 6.10 Å². The molecule has 34 heavy (non-hydrogen) atoms. The zero-order valence-corrected chi connectivity index (χ0v) is 20.3.